The fourth-order valence-electron chi connectivity index (χ4n) is 1.06. The van der Waals surface area contributed by atoms with Crippen LogP contribution in [0.4, 0.5) is 0 Å². The minimum absolute atomic E-state index is 0.0128. The first-order chi connectivity index (χ1) is 5.05. The van der Waals surface area contributed by atoms with Crippen LogP contribution >= 0.6 is 11.8 Å². The third-order valence-corrected chi connectivity index (χ3v) is 2.96. The molecule has 1 aliphatic rings. The normalized spacial score (nSPS) is 28.5. The van der Waals surface area contributed by atoms with Crippen LogP contribution in [0.2, 0.25) is 0 Å². The van der Waals surface area contributed by atoms with Crippen LogP contribution in [-0.4, -0.2) is 29.7 Å². The van der Waals surface area contributed by atoms with Crippen LogP contribution in [0.15, 0.2) is 0 Å². The predicted octanol–water partition coefficient (Wildman–Crippen LogP) is 0.600. The Kier molecular flexibility index (Phi) is 2.44. The van der Waals surface area contributed by atoms with E-state index in [9.17, 15) is 4.79 Å². The lowest BCUT2D eigenvalue weighted by atomic mass is 10.3. The van der Waals surface area contributed by atoms with Gasteiger partial charge >= 0.3 is 5.97 Å². The van der Waals surface area contributed by atoms with E-state index in [2.05, 4.69) is 23.9 Å². The zero-order chi connectivity index (χ0) is 8.48. The first-order valence-electron chi connectivity index (χ1n) is 3.54. The van der Waals surface area contributed by atoms with E-state index in [1.54, 1.807) is 11.8 Å². The molecular formula is C7H13NO2S. The summed E-state index contributed by atoms with van der Waals surface area (Å²) in [6.07, 6.45) is 0. The molecule has 1 unspecified atom stereocenters. The van der Waals surface area contributed by atoms with E-state index in [-0.39, 0.29) is 16.9 Å². The van der Waals surface area contributed by atoms with Crippen LogP contribution in [-0.2, 0) is 9.53 Å². The Balaban J connectivity index is 2.48. The molecule has 64 valence electrons. The zero-order valence-corrected chi connectivity index (χ0v) is 7.83. The minimum atomic E-state index is -0.164. The summed E-state index contributed by atoms with van der Waals surface area (Å²) < 4.78 is 4.61. The van der Waals surface area contributed by atoms with Crippen LogP contribution in [0.5, 0.6) is 0 Å². The summed E-state index contributed by atoms with van der Waals surface area (Å²) >= 11 is 1.74. The zero-order valence-electron chi connectivity index (χ0n) is 7.01. The van der Waals surface area contributed by atoms with Crippen LogP contribution in [0.3, 0.4) is 0 Å². The van der Waals surface area contributed by atoms with Gasteiger partial charge in [0.1, 0.15) is 6.04 Å². The van der Waals surface area contributed by atoms with Gasteiger partial charge in [-0.3, -0.25) is 10.1 Å². The molecule has 0 radical (unpaired) electrons. The Morgan fingerprint density at radius 1 is 1.73 bits per heavy atom. The van der Waals surface area contributed by atoms with Gasteiger partial charge in [0.2, 0.25) is 0 Å². The smallest absolute Gasteiger partial charge is 0.323 e. The van der Waals surface area contributed by atoms with Crippen molar-refractivity contribution in [3.05, 3.63) is 0 Å². The molecular weight excluding hydrogens is 162 g/mol. The molecule has 1 aliphatic heterocycles. The number of methoxy groups -OCH3 is 1. The van der Waals surface area contributed by atoms with E-state index in [0.29, 0.717) is 0 Å². The number of hydrogen-bond acceptors (Lipinski definition) is 4. The molecule has 1 saturated heterocycles. The summed E-state index contributed by atoms with van der Waals surface area (Å²) in [5.41, 5.74) is 0. The van der Waals surface area contributed by atoms with Crippen molar-refractivity contribution < 1.29 is 9.53 Å². The number of thioether (sulfide) groups is 1. The van der Waals surface area contributed by atoms with Gasteiger partial charge in [-0.2, -0.15) is 0 Å². The first-order valence-corrected chi connectivity index (χ1v) is 4.53. The average molecular weight is 175 g/mol. The van der Waals surface area contributed by atoms with Crippen LogP contribution in [0.25, 0.3) is 0 Å². The van der Waals surface area contributed by atoms with Crippen molar-refractivity contribution in [1.82, 2.24) is 5.32 Å². The van der Waals surface area contributed by atoms with Crippen molar-refractivity contribution in [2.75, 3.05) is 12.9 Å². The fraction of sp³-hybridized carbons (Fsp3) is 0.857. The highest BCUT2D eigenvalue weighted by Crippen LogP contribution is 2.29. The molecule has 11 heavy (non-hydrogen) atoms. The maximum absolute atomic E-state index is 11.0. The Morgan fingerprint density at radius 3 is 2.73 bits per heavy atom. The molecule has 0 saturated carbocycles. The predicted molar refractivity (Wildman–Crippen MR) is 45.5 cm³/mol. The summed E-state index contributed by atoms with van der Waals surface area (Å²) in [5, 5.41) is 3.17. The van der Waals surface area contributed by atoms with E-state index < -0.39 is 0 Å². The molecule has 1 N–H and O–H groups in total. The van der Waals surface area contributed by atoms with Gasteiger partial charge in [-0.15, -0.1) is 11.8 Å². The standard InChI is InChI=1S/C7H13NO2S/c1-7(2)8-5(4-11-7)6(9)10-3/h5,8H,4H2,1-3H3. The summed E-state index contributed by atoms with van der Waals surface area (Å²) in [6, 6.07) is -0.125. The van der Waals surface area contributed by atoms with Crippen molar-refractivity contribution in [3.63, 3.8) is 0 Å². The molecule has 4 heteroatoms. The topological polar surface area (TPSA) is 38.3 Å². The number of carbonyl (C=O) groups excluding carboxylic acids is 1. The second kappa shape index (κ2) is 3.03. The largest absolute Gasteiger partial charge is 0.468 e. The van der Waals surface area contributed by atoms with Gasteiger partial charge in [0.25, 0.3) is 0 Å². The lowest BCUT2D eigenvalue weighted by molar-refractivity contribution is -0.142. The molecule has 3 nitrogen and oxygen atoms in total. The molecule has 0 amide bonds. The summed E-state index contributed by atoms with van der Waals surface area (Å²) in [7, 11) is 1.42. The third kappa shape index (κ3) is 2.10. The number of carbonyl (C=O) groups is 1. The number of esters is 1. The molecule has 0 aliphatic carbocycles. The van der Waals surface area contributed by atoms with Gasteiger partial charge in [-0.05, 0) is 13.8 Å². The van der Waals surface area contributed by atoms with Gasteiger partial charge in [0.05, 0.1) is 12.0 Å². The molecule has 1 heterocycles. The van der Waals surface area contributed by atoms with Crippen molar-refractivity contribution in [1.29, 1.82) is 0 Å². The van der Waals surface area contributed by atoms with E-state index in [1.807, 2.05) is 0 Å². The number of ether oxygens (including phenoxy) is 1. The van der Waals surface area contributed by atoms with Gasteiger partial charge in [-0.1, -0.05) is 0 Å². The summed E-state index contributed by atoms with van der Waals surface area (Å²) in [4.78, 5) is 11.0. The van der Waals surface area contributed by atoms with E-state index in [0.717, 1.165) is 5.75 Å². The molecule has 0 aromatic rings. The van der Waals surface area contributed by atoms with Crippen molar-refractivity contribution in [3.8, 4) is 0 Å². The number of nitrogens with one attached hydrogen (secondary N) is 1. The van der Waals surface area contributed by atoms with E-state index >= 15 is 0 Å². The average Bonchev–Trinajstić information content (AvgIpc) is 2.29. The highest BCUT2D eigenvalue weighted by molar-refractivity contribution is 8.00. The summed E-state index contributed by atoms with van der Waals surface area (Å²) in [5.74, 6) is 0.641. The van der Waals surface area contributed by atoms with Crippen LogP contribution < -0.4 is 5.32 Å². The van der Waals surface area contributed by atoms with Crippen molar-refractivity contribution in [2.45, 2.75) is 24.8 Å². The molecule has 0 aromatic carbocycles. The van der Waals surface area contributed by atoms with Gasteiger partial charge in [-0.25, -0.2) is 0 Å². The number of rotatable bonds is 1. The fourth-order valence-corrected chi connectivity index (χ4v) is 2.09. The molecule has 1 fully saturated rings. The minimum Gasteiger partial charge on any atom is -0.468 e. The Hall–Kier alpha value is -0.220. The molecule has 1 atom stereocenters. The highest BCUT2D eigenvalue weighted by Gasteiger charge is 2.35. The summed E-state index contributed by atoms with van der Waals surface area (Å²) in [6.45, 7) is 4.11. The lowest BCUT2D eigenvalue weighted by Gasteiger charge is -2.17. The maximum atomic E-state index is 11.0. The molecule has 0 bridgehead atoms. The monoisotopic (exact) mass is 175 g/mol. The van der Waals surface area contributed by atoms with Crippen molar-refractivity contribution >= 4 is 17.7 Å². The van der Waals surface area contributed by atoms with Gasteiger partial charge < -0.3 is 4.74 Å². The SMILES string of the molecule is COC(=O)C1CSC(C)(C)N1. The third-order valence-electron chi connectivity index (χ3n) is 1.62. The van der Waals surface area contributed by atoms with Crippen LogP contribution in [0.1, 0.15) is 13.8 Å². The molecule has 0 aromatic heterocycles. The van der Waals surface area contributed by atoms with Crippen LogP contribution in [0, 0.1) is 0 Å². The molecule has 1 rings (SSSR count). The van der Waals surface area contributed by atoms with E-state index in [4.69, 9.17) is 0 Å². The second-order valence-corrected chi connectivity index (χ2v) is 4.68. The maximum Gasteiger partial charge on any atom is 0.323 e. The Bertz CT molecular complexity index is 170. The second-order valence-electron chi connectivity index (χ2n) is 3.04. The van der Waals surface area contributed by atoms with Gasteiger partial charge in [0.15, 0.2) is 0 Å². The van der Waals surface area contributed by atoms with E-state index in [1.165, 1.54) is 7.11 Å². The Labute approximate surface area is 70.9 Å². The Morgan fingerprint density at radius 2 is 2.36 bits per heavy atom. The quantitative estimate of drug-likeness (QED) is 0.592. The lowest BCUT2D eigenvalue weighted by Crippen LogP contribution is -2.41. The number of hydrogen-bond donors (Lipinski definition) is 1. The molecule has 0 spiro atoms. The van der Waals surface area contributed by atoms with Gasteiger partial charge in [0, 0.05) is 5.75 Å². The first kappa shape index (κ1) is 8.87. The van der Waals surface area contributed by atoms with Crippen molar-refractivity contribution in [2.24, 2.45) is 0 Å². The highest BCUT2D eigenvalue weighted by atomic mass is 32.2.